The van der Waals surface area contributed by atoms with Crippen LogP contribution in [-0.4, -0.2) is 68.7 Å². The highest BCUT2D eigenvalue weighted by atomic mass is 32.2. The number of hydrogen-bond donors (Lipinski definition) is 1. The number of pyridine rings is 2. The molecule has 1 saturated heterocycles. The number of hydrogen-bond acceptors (Lipinski definition) is 8. The van der Waals surface area contributed by atoms with Crippen LogP contribution < -0.4 is 4.74 Å². The molecule has 0 aliphatic carbocycles. The first-order valence-electron chi connectivity index (χ1n) is 14.9. The number of rotatable bonds is 7. The summed E-state index contributed by atoms with van der Waals surface area (Å²) >= 11 is 0. The zero-order chi connectivity index (χ0) is 33.0. The lowest BCUT2D eigenvalue weighted by molar-refractivity contribution is -0.147. The van der Waals surface area contributed by atoms with Crippen molar-refractivity contribution in [1.29, 1.82) is 0 Å². The molecule has 4 aromatic rings. The number of benzene rings is 1. The largest absolute Gasteiger partial charge is 0.481 e. The average molecular weight is 656 g/mol. The van der Waals surface area contributed by atoms with Crippen molar-refractivity contribution in [2.24, 2.45) is 5.41 Å². The molecule has 46 heavy (non-hydrogen) atoms. The summed E-state index contributed by atoms with van der Waals surface area (Å²) in [6.07, 6.45) is 1.07. The van der Waals surface area contributed by atoms with Gasteiger partial charge in [0.2, 0.25) is 21.7 Å². The standard InChI is InChI=1S/C32H35F2N5O6S/c1-19-7-8-21(25(31(3,4)30(40)41)23-9-13-39-27(20(23)2)36-37-28(39)26(33)34)16-22(19)17-38-18-32(10-14-44-15-11-32)45-29-24(46(38,42)43)6-5-12-35-29/h5-9,12-13,16,25-26H,10-11,14-15,17-18H2,1-4H3,(H,40,41)/t25-/m1/s1. The smallest absolute Gasteiger partial charge is 0.310 e. The Kier molecular flexibility index (Phi) is 8.10. The molecule has 6 rings (SSSR count). The Morgan fingerprint density at radius 1 is 1.13 bits per heavy atom. The number of aryl methyl sites for hydroxylation is 2. The lowest BCUT2D eigenvalue weighted by atomic mass is 9.70. The van der Waals surface area contributed by atoms with Gasteiger partial charge in [-0.1, -0.05) is 18.2 Å². The topological polar surface area (TPSA) is 136 Å². The predicted octanol–water partition coefficient (Wildman–Crippen LogP) is 5.05. The first-order valence-corrected chi connectivity index (χ1v) is 16.4. The van der Waals surface area contributed by atoms with Crippen LogP contribution in [0, 0.1) is 19.3 Å². The van der Waals surface area contributed by atoms with Gasteiger partial charge in [0.05, 0.1) is 25.2 Å². The van der Waals surface area contributed by atoms with Crippen molar-refractivity contribution in [2.75, 3.05) is 19.8 Å². The Morgan fingerprint density at radius 2 is 1.87 bits per heavy atom. The lowest BCUT2D eigenvalue weighted by Gasteiger charge is -2.38. The van der Waals surface area contributed by atoms with Crippen LogP contribution in [0.3, 0.4) is 0 Å². The molecule has 1 atom stereocenters. The van der Waals surface area contributed by atoms with Crippen molar-refractivity contribution in [2.45, 2.75) is 69.9 Å². The van der Waals surface area contributed by atoms with E-state index in [2.05, 4.69) is 15.2 Å². The summed E-state index contributed by atoms with van der Waals surface area (Å²) in [5.41, 5.74) is 1.24. The van der Waals surface area contributed by atoms with Gasteiger partial charge in [-0.25, -0.2) is 22.2 Å². The quantitative estimate of drug-likeness (QED) is 0.290. The van der Waals surface area contributed by atoms with Crippen LogP contribution in [0.25, 0.3) is 5.65 Å². The summed E-state index contributed by atoms with van der Waals surface area (Å²) in [6, 6.07) is 10.2. The highest BCUT2D eigenvalue weighted by Gasteiger charge is 2.46. The Morgan fingerprint density at radius 3 is 2.57 bits per heavy atom. The van der Waals surface area contributed by atoms with E-state index in [0.29, 0.717) is 48.3 Å². The van der Waals surface area contributed by atoms with Crippen LogP contribution in [0.5, 0.6) is 5.88 Å². The van der Waals surface area contributed by atoms with Crippen molar-refractivity contribution in [3.8, 4) is 5.88 Å². The lowest BCUT2D eigenvalue weighted by Crippen LogP contribution is -2.50. The normalized spacial score (nSPS) is 18.7. The highest BCUT2D eigenvalue weighted by Crippen LogP contribution is 2.44. The van der Waals surface area contributed by atoms with Gasteiger partial charge in [-0.2, -0.15) is 4.31 Å². The van der Waals surface area contributed by atoms with E-state index in [4.69, 9.17) is 9.47 Å². The molecule has 2 aliphatic rings. The maximum Gasteiger partial charge on any atom is 0.310 e. The van der Waals surface area contributed by atoms with Gasteiger partial charge in [-0.3, -0.25) is 9.20 Å². The van der Waals surface area contributed by atoms with Gasteiger partial charge in [0.25, 0.3) is 6.43 Å². The maximum atomic E-state index is 14.1. The van der Waals surface area contributed by atoms with E-state index in [1.165, 1.54) is 27.2 Å². The number of carbonyl (C=O) groups is 1. The molecular formula is C32H35F2N5O6S. The SMILES string of the molecule is Cc1ccc([C@H](c2ccn3c(C(F)F)nnc3c2C)C(C)(C)C(=O)O)cc1CN1CC2(CCOCC2)Oc2ncccc2S1(=O)=O. The Hall–Kier alpha value is -4.01. The number of carboxylic acid groups (broad SMARTS) is 1. The highest BCUT2D eigenvalue weighted by molar-refractivity contribution is 7.89. The number of sulfonamides is 1. The van der Waals surface area contributed by atoms with E-state index in [1.54, 1.807) is 32.9 Å². The number of alkyl halides is 2. The van der Waals surface area contributed by atoms with Crippen LogP contribution in [0.1, 0.15) is 72.7 Å². The number of halogens is 2. The van der Waals surface area contributed by atoms with E-state index in [1.807, 2.05) is 25.1 Å². The molecule has 0 radical (unpaired) electrons. The van der Waals surface area contributed by atoms with Crippen molar-refractivity contribution in [3.63, 3.8) is 0 Å². The molecule has 0 bridgehead atoms. The number of aromatic nitrogens is 4. The Labute approximate surface area is 265 Å². The molecule has 0 unspecified atom stereocenters. The van der Waals surface area contributed by atoms with Crippen molar-refractivity contribution in [1.82, 2.24) is 23.9 Å². The van der Waals surface area contributed by atoms with Gasteiger partial charge in [-0.05, 0) is 73.7 Å². The second-order valence-corrected chi connectivity index (χ2v) is 14.5. The summed E-state index contributed by atoms with van der Waals surface area (Å²) in [6.45, 7) is 7.71. The monoisotopic (exact) mass is 655 g/mol. The summed E-state index contributed by atoms with van der Waals surface area (Å²) in [7, 11) is -4.04. The minimum absolute atomic E-state index is 0.00245. The third-order valence-corrected chi connectivity index (χ3v) is 11.1. The molecule has 3 aromatic heterocycles. The third kappa shape index (κ3) is 5.41. The summed E-state index contributed by atoms with van der Waals surface area (Å²) in [5, 5.41) is 18.0. The van der Waals surface area contributed by atoms with E-state index >= 15 is 0 Å². The van der Waals surface area contributed by atoms with Gasteiger partial charge in [-0.15, -0.1) is 10.2 Å². The average Bonchev–Trinajstić information content (AvgIpc) is 3.42. The van der Waals surface area contributed by atoms with E-state index in [0.717, 1.165) is 5.56 Å². The van der Waals surface area contributed by atoms with Crippen molar-refractivity contribution >= 4 is 21.6 Å². The number of ether oxygens (including phenoxy) is 2. The zero-order valence-corrected chi connectivity index (χ0v) is 26.7. The molecule has 1 aromatic carbocycles. The first kappa shape index (κ1) is 32.0. The molecule has 1 fully saturated rings. The van der Waals surface area contributed by atoms with Gasteiger partial charge < -0.3 is 14.6 Å². The Balaban J connectivity index is 1.46. The molecule has 0 saturated carbocycles. The summed E-state index contributed by atoms with van der Waals surface area (Å²) < 4.78 is 69.9. The molecule has 0 amide bonds. The molecule has 1 spiro atoms. The molecule has 14 heteroatoms. The number of carboxylic acids is 1. The number of fused-ring (bicyclic) bond motifs is 2. The molecule has 2 aliphatic heterocycles. The second kappa shape index (κ2) is 11.7. The Bertz CT molecular complexity index is 1920. The predicted molar refractivity (Wildman–Crippen MR) is 162 cm³/mol. The van der Waals surface area contributed by atoms with E-state index in [-0.39, 0.29) is 29.5 Å². The molecule has 11 nitrogen and oxygen atoms in total. The fourth-order valence-electron chi connectivity index (χ4n) is 6.49. The zero-order valence-electron chi connectivity index (χ0n) is 25.9. The molecule has 244 valence electrons. The van der Waals surface area contributed by atoms with Crippen LogP contribution in [0.2, 0.25) is 0 Å². The first-order chi connectivity index (χ1) is 21.7. The van der Waals surface area contributed by atoms with E-state index in [9.17, 15) is 27.1 Å². The van der Waals surface area contributed by atoms with Crippen molar-refractivity contribution in [3.05, 3.63) is 82.4 Å². The maximum absolute atomic E-state index is 14.1. The van der Waals surface area contributed by atoms with Crippen LogP contribution in [0.4, 0.5) is 8.78 Å². The van der Waals surface area contributed by atoms with Crippen LogP contribution in [0.15, 0.2) is 53.7 Å². The van der Waals surface area contributed by atoms with Gasteiger partial charge >= 0.3 is 5.97 Å². The van der Waals surface area contributed by atoms with Gasteiger partial charge in [0.15, 0.2) is 5.65 Å². The van der Waals surface area contributed by atoms with Crippen LogP contribution in [-0.2, 0) is 26.1 Å². The van der Waals surface area contributed by atoms with Gasteiger partial charge in [0, 0.05) is 37.7 Å². The van der Waals surface area contributed by atoms with E-state index < -0.39 is 45.2 Å². The van der Waals surface area contributed by atoms with Crippen LogP contribution >= 0.6 is 0 Å². The third-order valence-electron chi connectivity index (χ3n) is 9.26. The van der Waals surface area contributed by atoms with Gasteiger partial charge in [0.1, 0.15) is 10.5 Å². The summed E-state index contributed by atoms with van der Waals surface area (Å²) in [5.74, 6) is -2.25. The summed E-state index contributed by atoms with van der Waals surface area (Å²) in [4.78, 5) is 17.0. The number of nitrogens with zero attached hydrogens (tertiary/aromatic N) is 5. The second-order valence-electron chi connectivity index (χ2n) is 12.6. The minimum Gasteiger partial charge on any atom is -0.481 e. The molecular weight excluding hydrogens is 620 g/mol. The fraction of sp³-hybridized carbons (Fsp3) is 0.438. The molecule has 1 N–H and O–H groups in total. The minimum atomic E-state index is -4.04. The fourth-order valence-corrected chi connectivity index (χ4v) is 8.05. The van der Waals surface area contributed by atoms with Crippen molar-refractivity contribution < 1.29 is 36.6 Å². The molecule has 5 heterocycles. The number of aliphatic carboxylic acids is 1.